The lowest BCUT2D eigenvalue weighted by molar-refractivity contribution is -0.143. The maximum Gasteiger partial charge on any atom is 0.338 e. The molecule has 5 nitrogen and oxygen atoms in total. The van der Waals surface area contributed by atoms with Crippen LogP contribution in [0.25, 0.3) is 0 Å². The van der Waals surface area contributed by atoms with Crippen LogP contribution in [-0.4, -0.2) is 34.9 Å². The Kier molecular flexibility index (Phi) is 4.79. The van der Waals surface area contributed by atoms with Crippen LogP contribution >= 0.6 is 11.6 Å². The minimum atomic E-state index is -0.922. The zero-order chi connectivity index (χ0) is 20.2. The first-order valence-electron chi connectivity index (χ1n) is 9.79. The van der Waals surface area contributed by atoms with Crippen LogP contribution in [0.4, 0.5) is 0 Å². The van der Waals surface area contributed by atoms with Crippen LogP contribution in [0.2, 0.25) is 5.02 Å². The first-order chi connectivity index (χ1) is 13.2. The average molecular weight is 405 g/mol. The van der Waals surface area contributed by atoms with Gasteiger partial charge in [0.05, 0.1) is 17.1 Å². The molecular weight excluding hydrogens is 380 g/mol. The summed E-state index contributed by atoms with van der Waals surface area (Å²) in [4.78, 5) is 24.8. The molecule has 0 amide bonds. The number of ether oxygens (including phenoxy) is 2. The molecule has 1 aromatic carbocycles. The standard InChI is InChI=1S/C22H25ClO5/c1-11-15-8-9-22(3,26)16-10-17(12(2)18(16)19(15)28-20(11)24)27-21(25)13-4-6-14(23)7-5-13/h4-7,11,15-17,19,26H,8-10H2,1-3H3/t11-,15-,16?,17-,19-,22+/m0/s1. The number of carbonyl (C=O) groups is 2. The van der Waals surface area contributed by atoms with Gasteiger partial charge in [-0.1, -0.05) is 18.5 Å². The number of rotatable bonds is 2. The van der Waals surface area contributed by atoms with Gasteiger partial charge in [0.25, 0.3) is 0 Å². The minimum absolute atomic E-state index is 0.0552. The van der Waals surface area contributed by atoms with Crippen LogP contribution in [-0.2, 0) is 14.3 Å². The summed E-state index contributed by atoms with van der Waals surface area (Å²) in [5.74, 6) is -0.929. The second-order valence-corrected chi connectivity index (χ2v) is 8.97. The van der Waals surface area contributed by atoms with Gasteiger partial charge in [-0.2, -0.15) is 0 Å². The highest BCUT2D eigenvalue weighted by molar-refractivity contribution is 6.30. The summed E-state index contributed by atoms with van der Waals surface area (Å²) in [5, 5.41) is 11.7. The predicted molar refractivity (Wildman–Crippen MR) is 104 cm³/mol. The van der Waals surface area contributed by atoms with E-state index >= 15 is 0 Å². The van der Waals surface area contributed by atoms with Gasteiger partial charge in [0, 0.05) is 16.9 Å². The highest BCUT2D eigenvalue weighted by atomic mass is 35.5. The zero-order valence-electron chi connectivity index (χ0n) is 16.3. The van der Waals surface area contributed by atoms with Crippen LogP contribution in [0.15, 0.2) is 35.4 Å². The summed E-state index contributed by atoms with van der Waals surface area (Å²) in [6, 6.07) is 6.56. The molecule has 6 heteroatoms. The molecule has 1 unspecified atom stereocenters. The molecule has 1 aromatic rings. The second kappa shape index (κ2) is 6.89. The van der Waals surface area contributed by atoms with Crippen molar-refractivity contribution in [1.29, 1.82) is 0 Å². The number of carbonyl (C=O) groups excluding carboxylic acids is 2. The van der Waals surface area contributed by atoms with Gasteiger partial charge in [0.2, 0.25) is 0 Å². The van der Waals surface area contributed by atoms with Crippen molar-refractivity contribution in [1.82, 2.24) is 0 Å². The second-order valence-electron chi connectivity index (χ2n) is 8.53. The fraction of sp³-hybridized carbons (Fsp3) is 0.545. The Bertz CT molecular complexity index is 841. The first-order valence-corrected chi connectivity index (χ1v) is 10.2. The van der Waals surface area contributed by atoms with Gasteiger partial charge in [-0.15, -0.1) is 0 Å². The van der Waals surface area contributed by atoms with E-state index < -0.39 is 17.7 Å². The average Bonchev–Trinajstić information content (AvgIpc) is 3.07. The molecule has 6 atom stereocenters. The molecule has 1 heterocycles. The Hall–Kier alpha value is -1.85. The maximum atomic E-state index is 12.6. The van der Waals surface area contributed by atoms with Crippen LogP contribution in [0, 0.1) is 17.8 Å². The molecule has 1 aliphatic heterocycles. The number of hydrogen-bond acceptors (Lipinski definition) is 5. The van der Waals surface area contributed by atoms with Crippen LogP contribution < -0.4 is 0 Å². The normalized spacial score (nSPS) is 37.2. The molecule has 4 rings (SSSR count). The number of aliphatic hydroxyl groups is 1. The molecule has 2 aliphatic carbocycles. The Labute approximate surface area is 169 Å². The summed E-state index contributed by atoms with van der Waals surface area (Å²) < 4.78 is 11.5. The topological polar surface area (TPSA) is 72.8 Å². The molecule has 28 heavy (non-hydrogen) atoms. The lowest BCUT2D eigenvalue weighted by Gasteiger charge is -2.31. The lowest BCUT2D eigenvalue weighted by Crippen LogP contribution is -2.35. The fourth-order valence-corrected chi connectivity index (χ4v) is 5.12. The SMILES string of the molecule is CC1=C2C(C[C@@H]1OC(=O)c1ccc(Cl)cc1)[C@](C)(O)CC[C@H]1[C@H](C)C(=O)O[C@H]21. The molecule has 150 valence electrons. The molecule has 0 spiro atoms. The molecule has 1 saturated heterocycles. The highest BCUT2D eigenvalue weighted by Crippen LogP contribution is 2.52. The van der Waals surface area contributed by atoms with Gasteiger partial charge in [-0.25, -0.2) is 4.79 Å². The van der Waals surface area contributed by atoms with E-state index in [-0.39, 0.29) is 29.8 Å². The number of benzene rings is 1. The van der Waals surface area contributed by atoms with Crippen molar-refractivity contribution in [2.45, 2.75) is 57.8 Å². The summed E-state index contributed by atoms with van der Waals surface area (Å²) in [7, 11) is 0. The Morgan fingerprint density at radius 2 is 2.00 bits per heavy atom. The zero-order valence-corrected chi connectivity index (χ0v) is 17.0. The van der Waals surface area contributed by atoms with Crippen molar-refractivity contribution in [3.63, 3.8) is 0 Å². The molecule has 1 saturated carbocycles. The molecule has 0 bridgehead atoms. The van der Waals surface area contributed by atoms with E-state index in [0.29, 0.717) is 23.4 Å². The summed E-state index contributed by atoms with van der Waals surface area (Å²) in [6.45, 7) is 5.65. The Morgan fingerprint density at radius 1 is 1.32 bits per heavy atom. The van der Waals surface area contributed by atoms with E-state index in [0.717, 1.165) is 17.6 Å². The largest absolute Gasteiger partial charge is 0.457 e. The van der Waals surface area contributed by atoms with Crippen LogP contribution in [0.1, 0.15) is 50.4 Å². The van der Waals surface area contributed by atoms with Crippen molar-refractivity contribution in [2.75, 3.05) is 0 Å². The highest BCUT2D eigenvalue weighted by Gasteiger charge is 2.55. The van der Waals surface area contributed by atoms with Crippen molar-refractivity contribution >= 4 is 23.5 Å². The van der Waals surface area contributed by atoms with E-state index in [4.69, 9.17) is 21.1 Å². The van der Waals surface area contributed by atoms with Crippen molar-refractivity contribution in [3.05, 3.63) is 46.0 Å². The van der Waals surface area contributed by atoms with Crippen molar-refractivity contribution < 1.29 is 24.2 Å². The van der Waals surface area contributed by atoms with Crippen LogP contribution in [0.3, 0.4) is 0 Å². The van der Waals surface area contributed by atoms with E-state index in [1.54, 1.807) is 24.3 Å². The van der Waals surface area contributed by atoms with Crippen molar-refractivity contribution in [2.24, 2.45) is 17.8 Å². The summed E-state index contributed by atoms with van der Waals surface area (Å²) in [5.41, 5.74) is 1.35. The van der Waals surface area contributed by atoms with Gasteiger partial charge in [-0.3, -0.25) is 4.79 Å². The fourth-order valence-electron chi connectivity index (χ4n) is 5.00. The number of esters is 2. The van der Waals surface area contributed by atoms with Gasteiger partial charge in [0.1, 0.15) is 12.2 Å². The van der Waals surface area contributed by atoms with Gasteiger partial charge in [-0.05, 0) is 68.5 Å². The van der Waals surface area contributed by atoms with E-state index in [1.807, 2.05) is 20.8 Å². The van der Waals surface area contributed by atoms with Crippen LogP contribution in [0.5, 0.6) is 0 Å². The van der Waals surface area contributed by atoms with Gasteiger partial charge < -0.3 is 14.6 Å². The van der Waals surface area contributed by atoms with E-state index in [2.05, 4.69) is 0 Å². The lowest BCUT2D eigenvalue weighted by atomic mass is 9.81. The third kappa shape index (κ3) is 3.15. The summed E-state index contributed by atoms with van der Waals surface area (Å²) >= 11 is 5.89. The predicted octanol–water partition coefficient (Wildman–Crippen LogP) is 3.92. The molecule has 0 radical (unpaired) electrons. The summed E-state index contributed by atoms with van der Waals surface area (Å²) in [6.07, 6.45) is 1.06. The van der Waals surface area contributed by atoms with E-state index in [1.165, 1.54) is 0 Å². The molecule has 1 N–H and O–H groups in total. The molecule has 2 fully saturated rings. The third-order valence-electron chi connectivity index (χ3n) is 6.78. The van der Waals surface area contributed by atoms with E-state index in [9.17, 15) is 14.7 Å². The number of halogens is 1. The minimum Gasteiger partial charge on any atom is -0.457 e. The number of hydrogen-bond donors (Lipinski definition) is 1. The number of fused-ring (bicyclic) bond motifs is 3. The monoisotopic (exact) mass is 404 g/mol. The Morgan fingerprint density at radius 3 is 2.68 bits per heavy atom. The third-order valence-corrected chi connectivity index (χ3v) is 7.03. The van der Waals surface area contributed by atoms with Gasteiger partial charge >= 0.3 is 11.9 Å². The first kappa shape index (κ1) is 19.5. The molecule has 0 aromatic heterocycles. The smallest absolute Gasteiger partial charge is 0.338 e. The van der Waals surface area contributed by atoms with Crippen molar-refractivity contribution in [3.8, 4) is 0 Å². The van der Waals surface area contributed by atoms with Gasteiger partial charge in [0.15, 0.2) is 0 Å². The molecular formula is C22H25ClO5. The Balaban J connectivity index is 1.64. The molecule has 3 aliphatic rings. The maximum absolute atomic E-state index is 12.6. The quantitative estimate of drug-likeness (QED) is 0.597.